The molecule has 3 saturated heterocycles. The number of likely N-dealkylation sites (N-methyl/N-ethyl adjacent to an activating group) is 1. The largest absolute Gasteiger partial charge is 0.496 e. The molecule has 0 radical (unpaired) electrons. The van der Waals surface area contributed by atoms with Gasteiger partial charge in [0.2, 0.25) is 0 Å². The summed E-state index contributed by atoms with van der Waals surface area (Å²) >= 11 is 0. The molecule has 1 aromatic carbocycles. The summed E-state index contributed by atoms with van der Waals surface area (Å²) in [4.78, 5) is 32.5. The smallest absolute Gasteiger partial charge is 0.332 e. The van der Waals surface area contributed by atoms with E-state index in [0.29, 0.717) is 36.7 Å². The molecule has 0 aliphatic carbocycles. The summed E-state index contributed by atoms with van der Waals surface area (Å²) in [6.45, 7) is 8.90. The van der Waals surface area contributed by atoms with Gasteiger partial charge in [0.05, 0.1) is 12.8 Å². The van der Waals surface area contributed by atoms with Gasteiger partial charge in [0.1, 0.15) is 11.3 Å². The van der Waals surface area contributed by atoms with Crippen LogP contribution in [0.5, 0.6) is 5.75 Å². The number of ether oxygens (including phenoxy) is 2. The number of rotatable bonds is 5. The molecule has 3 fully saturated rings. The number of nitrogens with zero attached hydrogens (tertiary/aromatic N) is 3. The lowest BCUT2D eigenvalue weighted by Gasteiger charge is -2.43. The van der Waals surface area contributed by atoms with Crippen molar-refractivity contribution in [3.8, 4) is 5.75 Å². The van der Waals surface area contributed by atoms with Gasteiger partial charge in [-0.15, -0.1) is 0 Å². The Morgan fingerprint density at radius 3 is 2.50 bits per heavy atom. The number of piperidine rings is 1. The molecule has 4 rings (SSSR count). The first-order chi connectivity index (χ1) is 14.5. The number of anilines is 1. The maximum absolute atomic E-state index is 13.6. The van der Waals surface area contributed by atoms with Crippen molar-refractivity contribution >= 4 is 17.6 Å². The highest BCUT2D eigenvalue weighted by Gasteiger charge is 2.57. The molecule has 3 aliphatic rings. The van der Waals surface area contributed by atoms with Crippen molar-refractivity contribution < 1.29 is 19.1 Å². The predicted octanol–water partition coefficient (Wildman–Crippen LogP) is 3.05. The van der Waals surface area contributed by atoms with Gasteiger partial charge in [-0.1, -0.05) is 6.07 Å². The number of methoxy groups -OCH3 is 1. The number of benzene rings is 1. The van der Waals surface area contributed by atoms with Gasteiger partial charge >= 0.3 is 6.03 Å². The molecular weight excluding hydrogens is 382 g/mol. The van der Waals surface area contributed by atoms with Crippen molar-refractivity contribution in [1.29, 1.82) is 0 Å². The summed E-state index contributed by atoms with van der Waals surface area (Å²) in [6, 6.07) is 5.30. The number of hydrogen-bond acceptors (Lipinski definition) is 5. The van der Waals surface area contributed by atoms with E-state index < -0.39 is 5.54 Å². The highest BCUT2D eigenvalue weighted by atomic mass is 16.5. The fraction of sp³-hybridized carbons (Fsp3) is 0.652. The Kier molecular flexibility index (Phi) is 6.02. The highest BCUT2D eigenvalue weighted by Crippen LogP contribution is 2.40. The minimum absolute atomic E-state index is 0.0917. The van der Waals surface area contributed by atoms with Crippen LogP contribution < -0.4 is 9.64 Å². The van der Waals surface area contributed by atoms with Crippen LogP contribution >= 0.6 is 0 Å². The van der Waals surface area contributed by atoms with Crippen LogP contribution in [0.2, 0.25) is 0 Å². The van der Waals surface area contributed by atoms with E-state index in [-0.39, 0.29) is 11.9 Å². The van der Waals surface area contributed by atoms with Crippen molar-refractivity contribution in [3.05, 3.63) is 23.8 Å². The van der Waals surface area contributed by atoms with Crippen LogP contribution in [0.1, 0.15) is 38.2 Å². The van der Waals surface area contributed by atoms with Gasteiger partial charge in [-0.2, -0.15) is 0 Å². The number of amides is 3. The van der Waals surface area contributed by atoms with Crippen molar-refractivity contribution in [2.75, 3.05) is 51.4 Å². The first-order valence-corrected chi connectivity index (χ1v) is 11.1. The summed E-state index contributed by atoms with van der Waals surface area (Å²) in [7, 11) is 1.60. The van der Waals surface area contributed by atoms with Crippen molar-refractivity contribution in [2.45, 2.75) is 45.1 Å². The molecular formula is C23H33N3O4. The maximum Gasteiger partial charge on any atom is 0.332 e. The van der Waals surface area contributed by atoms with Crippen LogP contribution in [-0.4, -0.2) is 73.8 Å². The van der Waals surface area contributed by atoms with E-state index in [2.05, 4.69) is 4.90 Å². The van der Waals surface area contributed by atoms with E-state index in [1.54, 1.807) is 18.1 Å². The van der Waals surface area contributed by atoms with Crippen LogP contribution in [0.25, 0.3) is 0 Å². The molecule has 3 heterocycles. The molecule has 0 saturated carbocycles. The Morgan fingerprint density at radius 1 is 1.17 bits per heavy atom. The first kappa shape index (κ1) is 21.1. The lowest BCUT2D eigenvalue weighted by molar-refractivity contribution is -0.127. The normalized spacial score (nSPS) is 22.9. The lowest BCUT2D eigenvalue weighted by Crippen LogP contribution is -2.57. The molecule has 7 nitrogen and oxygen atoms in total. The second kappa shape index (κ2) is 8.55. The van der Waals surface area contributed by atoms with E-state index in [1.807, 2.05) is 26.0 Å². The Balaban J connectivity index is 1.52. The molecule has 0 N–H and O–H groups in total. The number of hydrogen-bond donors (Lipinski definition) is 0. The number of aryl methyl sites for hydroxylation is 1. The van der Waals surface area contributed by atoms with Gasteiger partial charge in [-0.25, -0.2) is 9.69 Å². The molecule has 0 unspecified atom stereocenters. The zero-order chi connectivity index (χ0) is 21.3. The fourth-order valence-electron chi connectivity index (χ4n) is 5.21. The molecule has 164 valence electrons. The Morgan fingerprint density at radius 2 is 1.87 bits per heavy atom. The Bertz CT molecular complexity index is 798. The summed E-state index contributed by atoms with van der Waals surface area (Å²) in [5.41, 5.74) is 0.840. The number of imide groups is 1. The van der Waals surface area contributed by atoms with Gasteiger partial charge in [-0.05, 0) is 57.1 Å². The molecule has 7 heteroatoms. The molecule has 0 bridgehead atoms. The molecule has 3 aliphatic heterocycles. The number of carbonyl (C=O) groups excluding carboxylic acids is 2. The van der Waals surface area contributed by atoms with E-state index >= 15 is 0 Å². The third-order valence-corrected chi connectivity index (χ3v) is 7.05. The molecule has 1 spiro atoms. The highest BCUT2D eigenvalue weighted by molar-refractivity contribution is 6.23. The first-order valence-electron chi connectivity index (χ1n) is 11.1. The zero-order valence-electron chi connectivity index (χ0n) is 18.4. The predicted molar refractivity (Wildman–Crippen MR) is 115 cm³/mol. The van der Waals surface area contributed by atoms with Crippen molar-refractivity contribution in [2.24, 2.45) is 5.92 Å². The van der Waals surface area contributed by atoms with E-state index in [9.17, 15) is 9.59 Å². The average Bonchev–Trinajstić information content (AvgIpc) is 2.97. The summed E-state index contributed by atoms with van der Waals surface area (Å²) < 4.78 is 10.9. The van der Waals surface area contributed by atoms with Crippen LogP contribution in [0.4, 0.5) is 10.5 Å². The second-order valence-corrected chi connectivity index (χ2v) is 8.71. The van der Waals surface area contributed by atoms with Crippen molar-refractivity contribution in [1.82, 2.24) is 9.80 Å². The molecule has 0 aromatic heterocycles. The Labute approximate surface area is 178 Å². The SMILES string of the molecule is CCN1C(=O)N(c2ccc(C)c(OC)c2)C(=O)C12CCN(CC1CCOCC1)CC2. The monoisotopic (exact) mass is 415 g/mol. The topological polar surface area (TPSA) is 62.3 Å². The number of likely N-dealkylation sites (tertiary alicyclic amines) is 1. The molecule has 30 heavy (non-hydrogen) atoms. The van der Waals surface area contributed by atoms with Crippen LogP contribution in [0, 0.1) is 12.8 Å². The van der Waals surface area contributed by atoms with E-state index in [4.69, 9.17) is 9.47 Å². The minimum atomic E-state index is -0.726. The van der Waals surface area contributed by atoms with Crippen LogP contribution in [-0.2, 0) is 9.53 Å². The van der Waals surface area contributed by atoms with E-state index in [1.165, 1.54) is 4.90 Å². The van der Waals surface area contributed by atoms with Gasteiger partial charge < -0.3 is 19.3 Å². The fourth-order valence-corrected chi connectivity index (χ4v) is 5.21. The minimum Gasteiger partial charge on any atom is -0.496 e. The second-order valence-electron chi connectivity index (χ2n) is 8.71. The van der Waals surface area contributed by atoms with Crippen molar-refractivity contribution in [3.63, 3.8) is 0 Å². The van der Waals surface area contributed by atoms with Gasteiger partial charge in [0.15, 0.2) is 0 Å². The van der Waals surface area contributed by atoms with Gasteiger partial charge in [0, 0.05) is 45.5 Å². The summed E-state index contributed by atoms with van der Waals surface area (Å²) in [5.74, 6) is 1.27. The molecule has 1 aromatic rings. The standard InChI is InChI=1S/C23H33N3O4/c1-4-25-22(28)26(19-6-5-17(2)20(15-19)29-3)21(27)23(25)9-11-24(12-10-23)16-18-7-13-30-14-8-18/h5-6,15,18H,4,7-14,16H2,1-3H3. The molecule has 3 amide bonds. The van der Waals surface area contributed by atoms with Crippen LogP contribution in [0.15, 0.2) is 18.2 Å². The third kappa shape index (κ3) is 3.58. The number of carbonyl (C=O) groups is 2. The van der Waals surface area contributed by atoms with E-state index in [0.717, 1.165) is 51.3 Å². The van der Waals surface area contributed by atoms with Gasteiger partial charge in [0.25, 0.3) is 5.91 Å². The lowest BCUT2D eigenvalue weighted by atomic mass is 9.85. The maximum atomic E-state index is 13.6. The molecule has 0 atom stereocenters. The quantitative estimate of drug-likeness (QED) is 0.692. The van der Waals surface area contributed by atoms with Gasteiger partial charge in [-0.3, -0.25) is 4.79 Å². The summed E-state index contributed by atoms with van der Waals surface area (Å²) in [6.07, 6.45) is 3.61. The number of urea groups is 1. The average molecular weight is 416 g/mol. The van der Waals surface area contributed by atoms with Crippen LogP contribution in [0.3, 0.4) is 0 Å². The third-order valence-electron chi connectivity index (χ3n) is 7.05. The Hall–Kier alpha value is -2.12. The zero-order valence-corrected chi connectivity index (χ0v) is 18.4. The summed E-state index contributed by atoms with van der Waals surface area (Å²) in [5, 5.41) is 0.